The molecule has 3 heterocycles. The number of amides is 1. The van der Waals surface area contributed by atoms with Crippen molar-refractivity contribution in [3.8, 4) is 10.6 Å². The number of carbonyl (C=O) groups excluding carboxylic acids is 1. The van der Waals surface area contributed by atoms with Gasteiger partial charge in [-0.25, -0.2) is 4.98 Å². The first-order valence-electron chi connectivity index (χ1n) is 9.31. The van der Waals surface area contributed by atoms with Crippen molar-refractivity contribution in [1.29, 1.82) is 0 Å². The number of hydrogen-bond acceptors (Lipinski definition) is 5. The van der Waals surface area contributed by atoms with E-state index in [2.05, 4.69) is 21.2 Å². The van der Waals surface area contributed by atoms with Crippen molar-refractivity contribution in [2.45, 2.75) is 13.1 Å². The molecule has 0 saturated heterocycles. The number of pyridine rings is 1. The second-order valence-electron chi connectivity index (χ2n) is 6.81. The number of fused-ring (bicyclic) bond motifs is 1. The molecule has 12 heteroatoms. The van der Waals surface area contributed by atoms with E-state index in [1.54, 1.807) is 41.8 Å². The lowest BCUT2D eigenvalue weighted by molar-refractivity contribution is -0.136. The highest BCUT2D eigenvalue weighted by molar-refractivity contribution is 7.80. The maximum atomic E-state index is 13.8. The van der Waals surface area contributed by atoms with Crippen LogP contribution in [0.4, 0.5) is 18.9 Å². The van der Waals surface area contributed by atoms with Gasteiger partial charge in [0.05, 0.1) is 21.0 Å². The summed E-state index contributed by atoms with van der Waals surface area (Å²) in [5.74, 6) is -0.624. The van der Waals surface area contributed by atoms with Crippen LogP contribution in [0.25, 0.3) is 20.8 Å². The molecule has 1 aromatic carbocycles. The maximum Gasteiger partial charge on any atom is 0.417 e. The van der Waals surface area contributed by atoms with Gasteiger partial charge in [-0.05, 0) is 66.5 Å². The van der Waals surface area contributed by atoms with Crippen LogP contribution in [0.5, 0.6) is 0 Å². The van der Waals surface area contributed by atoms with E-state index in [-0.39, 0.29) is 31.5 Å². The largest absolute Gasteiger partial charge is 0.417 e. The lowest BCUT2D eigenvalue weighted by atomic mass is 10.1. The fourth-order valence-corrected chi connectivity index (χ4v) is 5.18. The number of benzene rings is 1. The number of hydrogen-bond donors (Lipinski definition) is 3. The minimum Gasteiger partial charge on any atom is -0.331 e. The van der Waals surface area contributed by atoms with E-state index >= 15 is 0 Å². The number of hydrazine groups is 1. The Hall–Kier alpha value is -2.73. The molecule has 0 aliphatic heterocycles. The molecule has 0 fully saturated rings. The number of rotatable bonds is 3. The Morgan fingerprint density at radius 3 is 2.52 bits per heavy atom. The minimum atomic E-state index is -4.60. The van der Waals surface area contributed by atoms with Gasteiger partial charge in [0, 0.05) is 16.1 Å². The summed E-state index contributed by atoms with van der Waals surface area (Å²) in [7, 11) is 0. The van der Waals surface area contributed by atoms with Gasteiger partial charge in [0.2, 0.25) is 0 Å². The molecule has 0 aliphatic rings. The fraction of sp³-hybridized carbons (Fsp3) is 0.0952. The molecule has 1 amide bonds. The number of anilines is 1. The summed E-state index contributed by atoms with van der Waals surface area (Å²) in [6.45, 7) is 1.47. The van der Waals surface area contributed by atoms with Crippen molar-refractivity contribution in [3.63, 3.8) is 0 Å². The van der Waals surface area contributed by atoms with Crippen molar-refractivity contribution < 1.29 is 18.0 Å². The Morgan fingerprint density at radius 2 is 1.88 bits per heavy atom. The molecule has 3 N–H and O–H groups in total. The highest BCUT2D eigenvalue weighted by Crippen LogP contribution is 2.42. The molecule has 0 saturated carbocycles. The highest BCUT2D eigenvalue weighted by atomic mass is 35.5. The Morgan fingerprint density at radius 1 is 1.15 bits per heavy atom. The number of nitrogens with zero attached hydrogens (tertiary/aromatic N) is 1. The summed E-state index contributed by atoms with van der Waals surface area (Å²) < 4.78 is 41.5. The Balaban J connectivity index is 1.59. The predicted molar refractivity (Wildman–Crippen MR) is 131 cm³/mol. The zero-order valence-corrected chi connectivity index (χ0v) is 19.9. The average Bonchev–Trinajstić information content (AvgIpc) is 3.41. The number of aryl methyl sites for hydroxylation is 1. The van der Waals surface area contributed by atoms with Crippen LogP contribution in [0.3, 0.4) is 0 Å². The van der Waals surface area contributed by atoms with E-state index in [9.17, 15) is 18.0 Å². The molecule has 0 aliphatic carbocycles. The summed E-state index contributed by atoms with van der Waals surface area (Å²) in [4.78, 5) is 18.0. The number of carbonyl (C=O) groups is 1. The van der Waals surface area contributed by atoms with Crippen molar-refractivity contribution in [3.05, 3.63) is 68.9 Å². The van der Waals surface area contributed by atoms with E-state index in [0.29, 0.717) is 15.6 Å². The van der Waals surface area contributed by atoms with Crippen LogP contribution in [0.15, 0.2) is 47.8 Å². The predicted octanol–water partition coefficient (Wildman–Crippen LogP) is 6.64. The van der Waals surface area contributed by atoms with E-state index < -0.39 is 17.6 Å². The normalized spacial score (nSPS) is 11.4. The van der Waals surface area contributed by atoms with Crippen LogP contribution in [0.1, 0.15) is 20.8 Å². The third-order valence-corrected chi connectivity index (χ3v) is 7.11. The van der Waals surface area contributed by atoms with Crippen molar-refractivity contribution in [2.24, 2.45) is 0 Å². The summed E-state index contributed by atoms with van der Waals surface area (Å²) in [5, 5.41) is 5.19. The van der Waals surface area contributed by atoms with Crippen molar-refractivity contribution >= 4 is 73.4 Å². The standard InChI is InChI=1S/C21H14ClF3N4OS3/c1-10-16-13(21(23,24)25)9-14(15-3-2-8-32-15)27-19(16)33-17(10)18(30)28-29-20(31)26-12-6-4-11(22)5-7-12/h2-9H,1H3,(H,28,30)(H2,26,29,31). The molecule has 0 radical (unpaired) electrons. The fourth-order valence-electron chi connectivity index (χ4n) is 3.10. The Bertz CT molecular complexity index is 1340. The van der Waals surface area contributed by atoms with Gasteiger partial charge in [0.25, 0.3) is 5.91 Å². The molecule has 0 spiro atoms. The van der Waals surface area contributed by atoms with E-state index in [1.807, 2.05) is 0 Å². The van der Waals surface area contributed by atoms with Crippen LogP contribution in [-0.2, 0) is 6.18 Å². The van der Waals surface area contributed by atoms with Gasteiger partial charge < -0.3 is 5.32 Å². The topological polar surface area (TPSA) is 66.1 Å². The minimum absolute atomic E-state index is 0.0835. The van der Waals surface area contributed by atoms with Gasteiger partial charge in [-0.3, -0.25) is 15.6 Å². The zero-order valence-electron chi connectivity index (χ0n) is 16.7. The lowest BCUT2D eigenvalue weighted by Gasteiger charge is -2.12. The summed E-state index contributed by atoms with van der Waals surface area (Å²) in [6.07, 6.45) is -4.60. The summed E-state index contributed by atoms with van der Waals surface area (Å²) in [6, 6.07) is 11.2. The smallest absolute Gasteiger partial charge is 0.331 e. The molecule has 0 bridgehead atoms. The molecule has 4 aromatic rings. The molecule has 5 nitrogen and oxygen atoms in total. The molecule has 0 atom stereocenters. The molecule has 0 unspecified atom stereocenters. The molecule has 33 heavy (non-hydrogen) atoms. The van der Waals surface area contributed by atoms with E-state index in [0.717, 1.165) is 17.4 Å². The number of halogens is 4. The summed E-state index contributed by atoms with van der Waals surface area (Å²) in [5.41, 5.74) is 5.20. The highest BCUT2D eigenvalue weighted by Gasteiger charge is 2.36. The van der Waals surface area contributed by atoms with Crippen LogP contribution >= 0.6 is 46.5 Å². The molecule has 4 rings (SSSR count). The van der Waals surface area contributed by atoms with Gasteiger partial charge in [0.1, 0.15) is 4.83 Å². The first-order valence-corrected chi connectivity index (χ1v) is 11.8. The van der Waals surface area contributed by atoms with Crippen molar-refractivity contribution in [2.75, 3.05) is 5.32 Å². The first kappa shape index (κ1) is 23.4. The average molecular weight is 527 g/mol. The number of aromatic nitrogens is 1. The molecule has 3 aromatic heterocycles. The van der Waals surface area contributed by atoms with E-state index in [4.69, 9.17) is 23.8 Å². The Labute approximate surface area is 204 Å². The SMILES string of the molecule is Cc1c(C(=O)NNC(=S)Nc2ccc(Cl)cc2)sc2nc(-c3cccs3)cc(C(F)(F)F)c12. The number of alkyl halides is 3. The van der Waals surface area contributed by atoms with Crippen LogP contribution in [-0.4, -0.2) is 16.0 Å². The molecular formula is C21H14ClF3N4OS3. The molecular weight excluding hydrogens is 513 g/mol. The number of thiocarbonyl (C=S) groups is 1. The number of thiophene rings is 2. The van der Waals surface area contributed by atoms with Gasteiger partial charge in [-0.1, -0.05) is 17.7 Å². The van der Waals surface area contributed by atoms with Crippen molar-refractivity contribution in [1.82, 2.24) is 15.8 Å². The van der Waals surface area contributed by atoms with Crippen LogP contribution < -0.4 is 16.2 Å². The summed E-state index contributed by atoms with van der Waals surface area (Å²) >= 11 is 13.2. The van der Waals surface area contributed by atoms with Crippen LogP contribution in [0.2, 0.25) is 5.02 Å². The zero-order chi connectivity index (χ0) is 23.8. The maximum absolute atomic E-state index is 13.8. The lowest BCUT2D eigenvalue weighted by Crippen LogP contribution is -2.43. The number of nitrogens with one attached hydrogen (secondary N) is 3. The third-order valence-electron chi connectivity index (χ3n) is 4.58. The van der Waals surface area contributed by atoms with Gasteiger partial charge >= 0.3 is 6.18 Å². The van der Waals surface area contributed by atoms with Gasteiger partial charge in [-0.15, -0.1) is 22.7 Å². The van der Waals surface area contributed by atoms with Gasteiger partial charge in [0.15, 0.2) is 5.11 Å². The molecule has 170 valence electrons. The van der Waals surface area contributed by atoms with Crippen LogP contribution in [0, 0.1) is 6.92 Å². The first-order chi connectivity index (χ1) is 15.6. The van der Waals surface area contributed by atoms with Gasteiger partial charge in [-0.2, -0.15) is 13.2 Å². The Kier molecular flexibility index (Phi) is 6.57. The van der Waals surface area contributed by atoms with E-state index in [1.165, 1.54) is 18.3 Å². The second kappa shape index (κ2) is 9.26. The quantitative estimate of drug-likeness (QED) is 0.206. The second-order valence-corrected chi connectivity index (χ2v) is 9.60. The third kappa shape index (κ3) is 5.11. The monoisotopic (exact) mass is 526 g/mol.